The van der Waals surface area contributed by atoms with E-state index in [1.54, 1.807) is 16.8 Å². The number of benzene rings is 1. The number of nitrogens with one attached hydrogen (secondary N) is 1. The van der Waals surface area contributed by atoms with E-state index in [1.807, 2.05) is 19.1 Å². The minimum Gasteiger partial charge on any atom is -0.467 e. The van der Waals surface area contributed by atoms with E-state index >= 15 is 0 Å². The third kappa shape index (κ3) is 4.49. The minimum absolute atomic E-state index is 0.109. The van der Waals surface area contributed by atoms with Crippen LogP contribution >= 0.6 is 11.6 Å². The lowest BCUT2D eigenvalue weighted by atomic mass is 10.1. The van der Waals surface area contributed by atoms with Gasteiger partial charge in [-0.05, 0) is 43.3 Å². The molecule has 0 fully saturated rings. The van der Waals surface area contributed by atoms with Crippen molar-refractivity contribution in [2.75, 3.05) is 7.11 Å². The number of nitrogens with zero attached hydrogens (tertiary/aromatic N) is 4. The van der Waals surface area contributed by atoms with Gasteiger partial charge >= 0.3 is 6.01 Å². The molecule has 1 aromatic carbocycles. The smallest absolute Gasteiger partial charge is 0.316 e. The maximum atomic E-state index is 12.9. The van der Waals surface area contributed by atoms with Crippen LogP contribution < -0.4 is 9.46 Å². The van der Waals surface area contributed by atoms with Crippen LogP contribution in [0.3, 0.4) is 0 Å². The van der Waals surface area contributed by atoms with E-state index in [4.69, 9.17) is 16.3 Å². The third-order valence-corrected chi connectivity index (χ3v) is 5.86. The SMILES string of the molecule is CCn1c(OC)nnc1[C@@H](Cc1ccccn1)NS(=O)(=O)c1ccc(Cl)cc1. The van der Waals surface area contributed by atoms with E-state index in [1.165, 1.54) is 31.4 Å². The van der Waals surface area contributed by atoms with Crippen molar-refractivity contribution in [1.29, 1.82) is 0 Å². The van der Waals surface area contributed by atoms with Crippen molar-refractivity contribution < 1.29 is 13.2 Å². The van der Waals surface area contributed by atoms with Crippen LogP contribution in [-0.2, 0) is 23.0 Å². The molecule has 0 saturated carbocycles. The van der Waals surface area contributed by atoms with E-state index < -0.39 is 16.1 Å². The number of pyridine rings is 1. The Morgan fingerprint density at radius 1 is 1.18 bits per heavy atom. The summed E-state index contributed by atoms with van der Waals surface area (Å²) in [5.41, 5.74) is 0.718. The summed E-state index contributed by atoms with van der Waals surface area (Å²) in [5, 5.41) is 8.62. The van der Waals surface area contributed by atoms with Crippen LogP contribution in [0.1, 0.15) is 24.5 Å². The van der Waals surface area contributed by atoms with Gasteiger partial charge < -0.3 is 4.74 Å². The molecular formula is C18H20ClN5O3S. The summed E-state index contributed by atoms with van der Waals surface area (Å²) < 4.78 is 35.5. The first-order valence-corrected chi connectivity index (χ1v) is 10.5. The molecule has 0 saturated heterocycles. The molecule has 148 valence electrons. The number of methoxy groups -OCH3 is 1. The van der Waals surface area contributed by atoms with E-state index in [0.29, 0.717) is 29.8 Å². The molecule has 0 aliphatic rings. The zero-order valence-electron chi connectivity index (χ0n) is 15.4. The second-order valence-electron chi connectivity index (χ2n) is 5.94. The summed E-state index contributed by atoms with van der Waals surface area (Å²) in [4.78, 5) is 4.41. The van der Waals surface area contributed by atoms with Crippen molar-refractivity contribution in [2.24, 2.45) is 0 Å². The fourth-order valence-electron chi connectivity index (χ4n) is 2.79. The van der Waals surface area contributed by atoms with Gasteiger partial charge in [0.15, 0.2) is 5.82 Å². The quantitative estimate of drug-likeness (QED) is 0.600. The van der Waals surface area contributed by atoms with Gasteiger partial charge in [-0.2, -0.15) is 0 Å². The van der Waals surface area contributed by atoms with Crippen LogP contribution in [-0.4, -0.2) is 35.3 Å². The van der Waals surface area contributed by atoms with Gasteiger partial charge in [0.2, 0.25) is 10.0 Å². The van der Waals surface area contributed by atoms with Crippen LogP contribution in [0.15, 0.2) is 53.6 Å². The number of hydrogen-bond acceptors (Lipinski definition) is 6. The van der Waals surface area contributed by atoms with E-state index in [2.05, 4.69) is 19.9 Å². The van der Waals surface area contributed by atoms with Crippen molar-refractivity contribution in [3.8, 4) is 6.01 Å². The van der Waals surface area contributed by atoms with Crippen LogP contribution in [0.25, 0.3) is 0 Å². The highest BCUT2D eigenvalue weighted by Crippen LogP contribution is 2.23. The maximum absolute atomic E-state index is 12.9. The van der Waals surface area contributed by atoms with Gasteiger partial charge in [-0.3, -0.25) is 9.55 Å². The average molecular weight is 422 g/mol. The van der Waals surface area contributed by atoms with Crippen molar-refractivity contribution in [3.05, 3.63) is 65.2 Å². The Kier molecular flexibility index (Phi) is 6.28. The molecule has 0 spiro atoms. The molecule has 0 aliphatic heterocycles. The van der Waals surface area contributed by atoms with Gasteiger partial charge in [-0.1, -0.05) is 22.8 Å². The lowest BCUT2D eigenvalue weighted by molar-refractivity contribution is 0.354. The standard InChI is InChI=1S/C18H20ClN5O3S/c1-3-24-17(21-22-18(24)27-2)16(12-14-6-4-5-11-20-14)23-28(25,26)15-9-7-13(19)8-10-15/h4-11,16,23H,3,12H2,1-2H3/t16-/m1/s1. The highest BCUT2D eigenvalue weighted by atomic mass is 35.5. The molecule has 1 N–H and O–H groups in total. The molecular weight excluding hydrogens is 402 g/mol. The molecule has 1 atom stereocenters. The van der Waals surface area contributed by atoms with Gasteiger partial charge in [0.25, 0.3) is 0 Å². The van der Waals surface area contributed by atoms with E-state index in [-0.39, 0.29) is 4.90 Å². The molecule has 0 amide bonds. The molecule has 2 aromatic heterocycles. The Labute approximate surface area is 168 Å². The molecule has 0 radical (unpaired) electrons. The highest BCUT2D eigenvalue weighted by molar-refractivity contribution is 7.89. The van der Waals surface area contributed by atoms with E-state index in [0.717, 1.165) is 5.69 Å². The van der Waals surface area contributed by atoms with Crippen LogP contribution in [0, 0.1) is 0 Å². The lowest BCUT2D eigenvalue weighted by Gasteiger charge is -2.19. The molecule has 0 aliphatic carbocycles. The molecule has 3 rings (SSSR count). The molecule has 0 bridgehead atoms. The summed E-state index contributed by atoms with van der Waals surface area (Å²) >= 11 is 5.87. The van der Waals surface area contributed by atoms with Gasteiger partial charge in [-0.15, -0.1) is 5.10 Å². The topological polar surface area (TPSA) is 99.0 Å². The Bertz CT molecular complexity index is 1020. The highest BCUT2D eigenvalue weighted by Gasteiger charge is 2.27. The normalized spacial score (nSPS) is 12.7. The van der Waals surface area contributed by atoms with Gasteiger partial charge in [0.05, 0.1) is 18.0 Å². The average Bonchev–Trinajstić information content (AvgIpc) is 3.11. The molecule has 10 heteroatoms. The number of halogens is 1. The molecule has 0 unspecified atom stereocenters. The predicted octanol–water partition coefficient (Wildman–Crippen LogP) is 2.62. The summed E-state index contributed by atoms with van der Waals surface area (Å²) in [5.74, 6) is 0.447. The summed E-state index contributed by atoms with van der Waals surface area (Å²) in [6.45, 7) is 2.42. The Balaban J connectivity index is 1.99. The van der Waals surface area contributed by atoms with Gasteiger partial charge in [0, 0.05) is 29.9 Å². The first-order chi connectivity index (χ1) is 13.4. The van der Waals surface area contributed by atoms with Crippen LogP contribution in [0.5, 0.6) is 6.01 Å². The summed E-state index contributed by atoms with van der Waals surface area (Å²) in [6.07, 6.45) is 1.96. The van der Waals surface area contributed by atoms with Crippen LogP contribution in [0.4, 0.5) is 0 Å². The number of hydrogen-bond donors (Lipinski definition) is 1. The Hall–Kier alpha value is -2.49. The fourth-order valence-corrected chi connectivity index (χ4v) is 4.11. The van der Waals surface area contributed by atoms with Crippen molar-refractivity contribution >= 4 is 21.6 Å². The zero-order valence-corrected chi connectivity index (χ0v) is 17.0. The van der Waals surface area contributed by atoms with Crippen molar-refractivity contribution in [1.82, 2.24) is 24.5 Å². The number of aromatic nitrogens is 4. The molecule has 28 heavy (non-hydrogen) atoms. The second kappa shape index (κ2) is 8.68. The predicted molar refractivity (Wildman–Crippen MR) is 105 cm³/mol. The Morgan fingerprint density at radius 2 is 1.93 bits per heavy atom. The fraction of sp³-hybridized carbons (Fsp3) is 0.278. The first-order valence-electron chi connectivity index (χ1n) is 8.59. The first kappa shape index (κ1) is 20.2. The van der Waals surface area contributed by atoms with Crippen molar-refractivity contribution in [3.63, 3.8) is 0 Å². The zero-order chi connectivity index (χ0) is 20.1. The lowest BCUT2D eigenvalue weighted by Crippen LogP contribution is -2.32. The largest absolute Gasteiger partial charge is 0.467 e. The monoisotopic (exact) mass is 421 g/mol. The maximum Gasteiger partial charge on any atom is 0.316 e. The van der Waals surface area contributed by atoms with E-state index in [9.17, 15) is 8.42 Å². The number of ether oxygens (including phenoxy) is 1. The number of rotatable bonds is 8. The number of sulfonamides is 1. The van der Waals surface area contributed by atoms with Crippen LogP contribution in [0.2, 0.25) is 5.02 Å². The molecule has 2 heterocycles. The molecule has 8 nitrogen and oxygen atoms in total. The molecule has 3 aromatic rings. The van der Waals surface area contributed by atoms with Gasteiger partial charge in [-0.25, -0.2) is 13.1 Å². The Morgan fingerprint density at radius 3 is 2.54 bits per heavy atom. The van der Waals surface area contributed by atoms with Crippen molar-refractivity contribution in [2.45, 2.75) is 30.8 Å². The third-order valence-electron chi connectivity index (χ3n) is 4.12. The summed E-state index contributed by atoms with van der Waals surface area (Å²) in [6, 6.07) is 11.1. The second-order valence-corrected chi connectivity index (χ2v) is 8.09. The minimum atomic E-state index is -3.83. The van der Waals surface area contributed by atoms with Gasteiger partial charge in [0.1, 0.15) is 0 Å². The summed E-state index contributed by atoms with van der Waals surface area (Å²) in [7, 11) is -2.33.